The fraction of sp³-hybridized carbons (Fsp3) is 0.758. The third kappa shape index (κ3) is 11.9. The quantitative estimate of drug-likeness (QED) is 0.176. The van der Waals surface area contributed by atoms with Gasteiger partial charge in [-0.2, -0.15) is 0 Å². The normalized spacial score (nSPS) is 15.7. The Morgan fingerprint density at radius 1 is 0.686 bits per heavy atom. The van der Waals surface area contributed by atoms with E-state index in [1.807, 2.05) is 12.1 Å². The van der Waals surface area contributed by atoms with Crippen molar-refractivity contribution in [1.29, 1.82) is 0 Å². The molecule has 1 N–H and O–H groups in total. The molecule has 0 radical (unpaired) electrons. The van der Waals surface area contributed by atoms with E-state index in [9.17, 15) is 5.11 Å². The molecular weight excluding hydrogens is 448 g/mol. The van der Waals surface area contributed by atoms with Crippen molar-refractivity contribution in [2.24, 2.45) is 5.41 Å². The molecule has 1 aliphatic rings. The summed E-state index contributed by atoms with van der Waals surface area (Å²) < 4.78 is 0. The molecule has 2 heteroatoms. The molecule has 0 atom stereocenters. The van der Waals surface area contributed by atoms with Crippen molar-refractivity contribution in [2.45, 2.75) is 149 Å². The van der Waals surface area contributed by atoms with Crippen molar-refractivity contribution in [3.8, 4) is 0 Å². The van der Waals surface area contributed by atoms with Crippen molar-refractivity contribution >= 4 is 17.2 Å². The summed E-state index contributed by atoms with van der Waals surface area (Å²) in [6.07, 6.45) is 28.4. The van der Waals surface area contributed by atoms with E-state index in [1.165, 1.54) is 139 Å². The fourth-order valence-electron chi connectivity index (χ4n) is 6.19. The number of aliphatic hydroxyl groups excluding tert-OH is 1. The Hall–Kier alpha value is -0.790. The molecule has 200 valence electrons. The standard InChI is InChI=1S/C33H55ClO/c1-3-5-7-9-11-13-15-17-24-33(25-18-16-14-12-10-8-6-4-2)26-23-32(30(27-33)28-35)29-19-21-31(34)22-20-29/h19-22,35H,3-18,23-28H2,1-2H3. The van der Waals surface area contributed by atoms with Crippen LogP contribution in [0.5, 0.6) is 0 Å². The first-order valence-electron chi connectivity index (χ1n) is 15.2. The van der Waals surface area contributed by atoms with E-state index < -0.39 is 0 Å². The van der Waals surface area contributed by atoms with Gasteiger partial charge in [0.15, 0.2) is 0 Å². The zero-order valence-corrected chi connectivity index (χ0v) is 23.9. The number of hydrogen-bond acceptors (Lipinski definition) is 1. The molecule has 2 rings (SSSR count). The van der Waals surface area contributed by atoms with Gasteiger partial charge in [-0.25, -0.2) is 0 Å². The summed E-state index contributed by atoms with van der Waals surface area (Å²) in [6, 6.07) is 8.25. The van der Waals surface area contributed by atoms with Crippen molar-refractivity contribution in [3.63, 3.8) is 0 Å². The van der Waals surface area contributed by atoms with Crippen LogP contribution in [0.15, 0.2) is 29.8 Å². The van der Waals surface area contributed by atoms with E-state index in [4.69, 9.17) is 11.6 Å². The van der Waals surface area contributed by atoms with Crippen LogP contribution in [0.1, 0.15) is 154 Å². The molecule has 0 heterocycles. The molecule has 1 nitrogen and oxygen atoms in total. The second kappa shape index (κ2) is 18.5. The van der Waals surface area contributed by atoms with Gasteiger partial charge in [0.25, 0.3) is 0 Å². The van der Waals surface area contributed by atoms with Gasteiger partial charge in [-0.3, -0.25) is 0 Å². The van der Waals surface area contributed by atoms with Gasteiger partial charge in [0.2, 0.25) is 0 Å². The Morgan fingerprint density at radius 2 is 1.14 bits per heavy atom. The molecule has 0 saturated carbocycles. The third-order valence-corrected chi connectivity index (χ3v) is 8.68. The smallest absolute Gasteiger partial charge is 0.0647 e. The maximum atomic E-state index is 10.4. The lowest BCUT2D eigenvalue weighted by molar-refractivity contribution is 0.183. The second-order valence-corrected chi connectivity index (χ2v) is 11.8. The fourth-order valence-corrected chi connectivity index (χ4v) is 6.31. The monoisotopic (exact) mass is 502 g/mol. The number of benzene rings is 1. The molecule has 35 heavy (non-hydrogen) atoms. The van der Waals surface area contributed by atoms with Crippen molar-refractivity contribution in [1.82, 2.24) is 0 Å². The minimum Gasteiger partial charge on any atom is -0.392 e. The SMILES string of the molecule is CCCCCCCCCCC1(CCCCCCCCCC)CCC(c2ccc(Cl)cc2)=C(CO)C1. The van der Waals surface area contributed by atoms with Gasteiger partial charge >= 0.3 is 0 Å². The average Bonchev–Trinajstić information content (AvgIpc) is 2.88. The average molecular weight is 503 g/mol. The van der Waals surface area contributed by atoms with E-state index in [0.29, 0.717) is 5.41 Å². The van der Waals surface area contributed by atoms with Gasteiger partial charge in [0.1, 0.15) is 0 Å². The third-order valence-electron chi connectivity index (χ3n) is 8.43. The Morgan fingerprint density at radius 3 is 1.60 bits per heavy atom. The highest BCUT2D eigenvalue weighted by atomic mass is 35.5. The van der Waals surface area contributed by atoms with E-state index in [-0.39, 0.29) is 6.61 Å². The summed E-state index contributed by atoms with van der Waals surface area (Å²) in [5.74, 6) is 0. The van der Waals surface area contributed by atoms with E-state index in [0.717, 1.165) is 17.9 Å². The first-order chi connectivity index (χ1) is 17.1. The van der Waals surface area contributed by atoms with Gasteiger partial charge in [0.05, 0.1) is 6.61 Å². The topological polar surface area (TPSA) is 20.2 Å². The highest BCUT2D eigenvalue weighted by Gasteiger charge is 2.34. The van der Waals surface area contributed by atoms with E-state index in [2.05, 4.69) is 26.0 Å². The molecule has 1 aromatic carbocycles. The summed E-state index contributed by atoms with van der Waals surface area (Å²) in [5.41, 5.74) is 4.33. The predicted molar refractivity (Wildman–Crippen MR) is 156 cm³/mol. The van der Waals surface area contributed by atoms with Gasteiger partial charge in [-0.1, -0.05) is 140 Å². The Labute approximate surface area is 223 Å². The lowest BCUT2D eigenvalue weighted by Crippen LogP contribution is -2.27. The number of halogens is 1. The molecular formula is C33H55ClO. The largest absolute Gasteiger partial charge is 0.392 e. The van der Waals surface area contributed by atoms with Gasteiger partial charge < -0.3 is 5.11 Å². The first-order valence-corrected chi connectivity index (χ1v) is 15.6. The highest BCUT2D eigenvalue weighted by Crippen LogP contribution is 2.49. The van der Waals surface area contributed by atoms with Crippen molar-refractivity contribution in [3.05, 3.63) is 40.4 Å². The molecule has 0 bridgehead atoms. The maximum absolute atomic E-state index is 10.4. The van der Waals surface area contributed by atoms with Crippen LogP contribution in [-0.4, -0.2) is 11.7 Å². The molecule has 0 unspecified atom stereocenters. The Bertz CT molecular complexity index is 670. The Kier molecular flexibility index (Phi) is 16.0. The number of rotatable bonds is 20. The van der Waals surface area contributed by atoms with E-state index >= 15 is 0 Å². The lowest BCUT2D eigenvalue weighted by atomic mass is 9.65. The Balaban J connectivity index is 1.92. The minimum absolute atomic E-state index is 0.203. The summed E-state index contributed by atoms with van der Waals surface area (Å²) in [4.78, 5) is 0. The molecule has 1 aromatic rings. The zero-order chi connectivity index (χ0) is 25.2. The number of hydrogen-bond donors (Lipinski definition) is 1. The summed E-state index contributed by atoms with van der Waals surface area (Å²) in [6.45, 7) is 4.79. The van der Waals surface area contributed by atoms with Gasteiger partial charge in [-0.15, -0.1) is 0 Å². The molecule has 0 saturated heterocycles. The zero-order valence-electron chi connectivity index (χ0n) is 23.2. The molecule has 1 aliphatic carbocycles. The number of allylic oxidation sites excluding steroid dienone is 1. The maximum Gasteiger partial charge on any atom is 0.0647 e. The van der Waals surface area contributed by atoms with Crippen LogP contribution in [0.3, 0.4) is 0 Å². The minimum atomic E-state index is 0.203. The van der Waals surface area contributed by atoms with Gasteiger partial charge in [-0.05, 0) is 66.4 Å². The molecule has 0 fully saturated rings. The number of unbranched alkanes of at least 4 members (excludes halogenated alkanes) is 14. The van der Waals surface area contributed by atoms with Crippen LogP contribution in [0.4, 0.5) is 0 Å². The summed E-state index contributed by atoms with van der Waals surface area (Å²) in [5, 5.41) is 11.1. The molecule has 0 spiro atoms. The van der Waals surface area contributed by atoms with Crippen LogP contribution in [-0.2, 0) is 0 Å². The van der Waals surface area contributed by atoms with Crippen LogP contribution < -0.4 is 0 Å². The van der Waals surface area contributed by atoms with Crippen LogP contribution in [0, 0.1) is 5.41 Å². The van der Waals surface area contributed by atoms with Crippen molar-refractivity contribution < 1.29 is 5.11 Å². The summed E-state index contributed by atoms with van der Waals surface area (Å²) in [7, 11) is 0. The lowest BCUT2D eigenvalue weighted by Gasteiger charge is -2.40. The van der Waals surface area contributed by atoms with Crippen LogP contribution >= 0.6 is 11.6 Å². The molecule has 0 aromatic heterocycles. The second-order valence-electron chi connectivity index (χ2n) is 11.4. The first kappa shape index (κ1) is 30.4. The summed E-state index contributed by atoms with van der Waals surface area (Å²) >= 11 is 6.14. The van der Waals surface area contributed by atoms with Crippen molar-refractivity contribution in [2.75, 3.05) is 6.61 Å². The highest BCUT2D eigenvalue weighted by molar-refractivity contribution is 6.30. The molecule has 0 amide bonds. The van der Waals surface area contributed by atoms with Gasteiger partial charge in [0, 0.05) is 5.02 Å². The number of aliphatic hydroxyl groups is 1. The van der Waals surface area contributed by atoms with Crippen LogP contribution in [0.2, 0.25) is 5.02 Å². The van der Waals surface area contributed by atoms with Crippen LogP contribution in [0.25, 0.3) is 5.57 Å². The predicted octanol–water partition coefficient (Wildman–Crippen LogP) is 11.3. The van der Waals surface area contributed by atoms with E-state index in [1.54, 1.807) is 0 Å². The molecule has 0 aliphatic heterocycles.